The first kappa shape index (κ1) is 24.3. The van der Waals surface area contributed by atoms with E-state index >= 15 is 0 Å². The minimum absolute atomic E-state index is 0.869. The van der Waals surface area contributed by atoms with Crippen LogP contribution in [0.25, 0.3) is 0 Å². The van der Waals surface area contributed by atoms with E-state index in [1.54, 1.807) is 0 Å². The number of hydrogen-bond acceptors (Lipinski definition) is 4. The molecule has 3 nitrogen and oxygen atoms in total. The van der Waals surface area contributed by atoms with Crippen molar-refractivity contribution in [3.05, 3.63) is 60.7 Å². The highest BCUT2D eigenvalue weighted by molar-refractivity contribution is 7.44. The second-order valence-corrected chi connectivity index (χ2v) is 2.73. The van der Waals surface area contributed by atoms with Crippen LogP contribution in [-0.4, -0.2) is 16.4 Å². The van der Waals surface area contributed by atoms with Gasteiger partial charge in [0.05, 0.1) is 0 Å². The van der Waals surface area contributed by atoms with E-state index in [2.05, 4.69) is 12.5 Å². The van der Waals surface area contributed by atoms with Crippen LogP contribution in [-0.2, 0) is 12.5 Å². The van der Waals surface area contributed by atoms with Crippen LogP contribution in [0, 0.1) is 0 Å². The summed E-state index contributed by atoms with van der Waals surface area (Å²) in [6.07, 6.45) is 0. The van der Waals surface area contributed by atoms with E-state index in [1.807, 2.05) is 88.4 Å². The van der Waals surface area contributed by atoms with Gasteiger partial charge < -0.3 is 9.84 Å². The van der Waals surface area contributed by atoms with Crippen LogP contribution < -0.4 is 4.74 Å². The topological polar surface area (TPSA) is 46.5 Å². The summed E-state index contributed by atoms with van der Waals surface area (Å²) in [6, 6.07) is 19.5. The lowest BCUT2D eigenvalue weighted by atomic mass is 10.3. The number of aliphatic hydroxyl groups excluding tert-OH is 1. The van der Waals surface area contributed by atoms with Crippen LogP contribution in [0.1, 0.15) is 27.7 Å². The normalized spacial score (nSPS) is 6.95. The molecule has 0 unspecified atom stereocenters. The van der Waals surface area contributed by atoms with E-state index in [9.17, 15) is 0 Å². The van der Waals surface area contributed by atoms with Gasteiger partial charge in [-0.15, -0.1) is 0 Å². The smallest absolute Gasteiger partial charge is 0.197 e. The monoisotopic (exact) mass is 310 g/mol. The molecular formula is C17H26O3S. The zero-order chi connectivity index (χ0) is 16.9. The van der Waals surface area contributed by atoms with Crippen molar-refractivity contribution in [1.82, 2.24) is 0 Å². The molecule has 0 aliphatic carbocycles. The fraction of sp³-hybridized carbons (Fsp3) is 0.294. The molecule has 0 spiro atoms. The summed E-state index contributed by atoms with van der Waals surface area (Å²) in [5.74, 6) is 1.74. The summed E-state index contributed by atoms with van der Waals surface area (Å²) < 4.78 is 13.4. The summed E-state index contributed by atoms with van der Waals surface area (Å²) in [5.41, 5.74) is 0. The molecule has 0 aliphatic heterocycles. The van der Waals surface area contributed by atoms with Crippen molar-refractivity contribution in [3.8, 4) is 11.5 Å². The molecule has 0 heterocycles. The van der Waals surface area contributed by atoms with Crippen molar-refractivity contribution in [2.24, 2.45) is 0 Å². The van der Waals surface area contributed by atoms with Crippen LogP contribution in [0.2, 0.25) is 0 Å². The highest BCUT2D eigenvalue weighted by Gasteiger charge is 1.92. The first-order valence-corrected chi connectivity index (χ1v) is 7.18. The summed E-state index contributed by atoms with van der Waals surface area (Å²) in [5, 5.41) is 7.00. The third-order valence-electron chi connectivity index (χ3n) is 1.72. The lowest BCUT2D eigenvalue weighted by Gasteiger charge is -2.03. The minimum atomic E-state index is 0.869. The van der Waals surface area contributed by atoms with Gasteiger partial charge in [-0.3, -0.25) is 0 Å². The molecule has 0 radical (unpaired) electrons. The van der Waals surface area contributed by atoms with Gasteiger partial charge in [0.1, 0.15) is 11.5 Å². The fourth-order valence-corrected chi connectivity index (χ4v) is 1.11. The summed E-state index contributed by atoms with van der Waals surface area (Å²) in [7, 11) is 1.00. The lowest BCUT2D eigenvalue weighted by Crippen LogP contribution is -1.81. The summed E-state index contributed by atoms with van der Waals surface area (Å²) in [4.78, 5) is 0. The number of para-hydroxylation sites is 2. The largest absolute Gasteiger partial charge is 0.457 e. The van der Waals surface area contributed by atoms with E-state index < -0.39 is 0 Å². The van der Waals surface area contributed by atoms with Crippen molar-refractivity contribution < 1.29 is 14.1 Å². The van der Waals surface area contributed by atoms with Crippen LogP contribution >= 0.6 is 0 Å². The highest BCUT2D eigenvalue weighted by atomic mass is 32.1. The molecule has 0 aromatic heterocycles. The first-order valence-electron chi connectivity index (χ1n) is 6.84. The molecule has 0 saturated heterocycles. The van der Waals surface area contributed by atoms with Gasteiger partial charge in [0.2, 0.25) is 0 Å². The van der Waals surface area contributed by atoms with E-state index in [0.29, 0.717) is 0 Å². The Morgan fingerprint density at radius 2 is 0.905 bits per heavy atom. The predicted octanol–water partition coefficient (Wildman–Crippen LogP) is 4.80. The maximum Gasteiger partial charge on any atom is 0.197 e. The predicted molar refractivity (Wildman–Crippen MR) is 91.9 cm³/mol. The molecule has 0 amide bonds. The quantitative estimate of drug-likeness (QED) is 0.865. The second-order valence-electron chi connectivity index (χ2n) is 2.73. The van der Waals surface area contributed by atoms with Crippen molar-refractivity contribution in [2.75, 3.05) is 7.11 Å². The van der Waals surface area contributed by atoms with E-state index in [1.165, 1.54) is 0 Å². The molecule has 0 bridgehead atoms. The SMILES string of the molecule is CC.CC.CO.O=S.c1ccc(Oc2ccccc2)cc1. The van der Waals surface area contributed by atoms with Gasteiger partial charge in [-0.05, 0) is 24.3 Å². The molecule has 2 rings (SSSR count). The number of benzene rings is 2. The third-order valence-corrected chi connectivity index (χ3v) is 1.72. The van der Waals surface area contributed by atoms with Gasteiger partial charge in [-0.1, -0.05) is 64.1 Å². The maximum atomic E-state index is 7.83. The number of ether oxygens (including phenoxy) is 1. The molecule has 0 saturated carbocycles. The van der Waals surface area contributed by atoms with Crippen LogP contribution in [0.4, 0.5) is 0 Å². The van der Waals surface area contributed by atoms with Crippen LogP contribution in [0.5, 0.6) is 11.5 Å². The molecule has 2 aromatic carbocycles. The molecule has 0 fully saturated rings. The number of hydrogen-bond donors (Lipinski definition) is 1. The van der Waals surface area contributed by atoms with Crippen molar-refractivity contribution >= 4 is 12.5 Å². The van der Waals surface area contributed by atoms with Crippen molar-refractivity contribution in [1.29, 1.82) is 0 Å². The summed E-state index contributed by atoms with van der Waals surface area (Å²) >= 11 is 2.83. The van der Waals surface area contributed by atoms with Gasteiger partial charge in [0.25, 0.3) is 0 Å². The van der Waals surface area contributed by atoms with Crippen molar-refractivity contribution in [3.63, 3.8) is 0 Å². The van der Waals surface area contributed by atoms with Gasteiger partial charge in [-0.25, -0.2) is 0 Å². The highest BCUT2D eigenvalue weighted by Crippen LogP contribution is 2.19. The zero-order valence-electron chi connectivity index (χ0n) is 13.4. The Balaban J connectivity index is -0.000000353. The molecule has 118 valence electrons. The average molecular weight is 310 g/mol. The molecule has 2 aromatic rings. The van der Waals surface area contributed by atoms with E-state index in [4.69, 9.17) is 14.1 Å². The molecule has 1 N–H and O–H groups in total. The molecule has 0 aliphatic rings. The van der Waals surface area contributed by atoms with Gasteiger partial charge in [0.15, 0.2) is 12.5 Å². The Kier molecular flexibility index (Phi) is 26.9. The molecular weight excluding hydrogens is 284 g/mol. The Morgan fingerprint density at radius 3 is 1.14 bits per heavy atom. The minimum Gasteiger partial charge on any atom is -0.457 e. The molecule has 4 heteroatoms. The second kappa shape index (κ2) is 23.3. The van der Waals surface area contributed by atoms with Gasteiger partial charge in [0, 0.05) is 7.11 Å². The van der Waals surface area contributed by atoms with Crippen LogP contribution in [0.15, 0.2) is 60.7 Å². The average Bonchev–Trinajstić information content (AvgIpc) is 2.64. The maximum absolute atomic E-state index is 7.83. The standard InChI is InChI=1S/C12H10O.2C2H6.CH4O.OS/c1-3-7-11(8-4-1)13-12-9-5-2-6-10-12;4*1-2/h1-10H;2*1-2H3;2H,1H3;. The van der Waals surface area contributed by atoms with E-state index in [-0.39, 0.29) is 0 Å². The Hall–Kier alpha value is -1.78. The lowest BCUT2D eigenvalue weighted by molar-refractivity contribution is 0.399. The van der Waals surface area contributed by atoms with Crippen molar-refractivity contribution in [2.45, 2.75) is 27.7 Å². The fourth-order valence-electron chi connectivity index (χ4n) is 1.11. The molecule has 21 heavy (non-hydrogen) atoms. The van der Waals surface area contributed by atoms with Gasteiger partial charge in [-0.2, -0.15) is 4.21 Å². The first-order chi connectivity index (χ1) is 10.4. The van der Waals surface area contributed by atoms with Crippen LogP contribution in [0.3, 0.4) is 0 Å². The third kappa shape index (κ3) is 14.4. The molecule has 0 atom stereocenters. The number of rotatable bonds is 2. The Bertz CT molecular complexity index is 342. The Labute approximate surface area is 134 Å². The van der Waals surface area contributed by atoms with E-state index in [0.717, 1.165) is 18.6 Å². The number of aliphatic hydroxyl groups is 1. The van der Waals surface area contributed by atoms with Gasteiger partial charge >= 0.3 is 0 Å². The summed E-state index contributed by atoms with van der Waals surface area (Å²) in [6.45, 7) is 8.00. The Morgan fingerprint density at radius 1 is 0.667 bits per heavy atom. The zero-order valence-corrected chi connectivity index (χ0v) is 14.3.